The summed E-state index contributed by atoms with van der Waals surface area (Å²) in [5.74, 6) is 1.11. The number of fused-ring (bicyclic) bond motifs is 1. The zero-order valence-corrected chi connectivity index (χ0v) is 17.8. The monoisotopic (exact) mass is 441 g/mol. The third-order valence-electron chi connectivity index (χ3n) is 4.79. The SMILES string of the molecule is CCOc1cccc([C@H]2CC(=O)Nc3nc(SCc4ccc(Cl)cc4)[nH]c(=O)c32)c1. The van der Waals surface area contributed by atoms with Gasteiger partial charge >= 0.3 is 0 Å². The molecule has 8 heteroatoms. The summed E-state index contributed by atoms with van der Waals surface area (Å²) >= 11 is 7.31. The Labute approximate surface area is 183 Å². The first kappa shape index (κ1) is 20.5. The molecule has 2 aromatic carbocycles. The second-order valence-corrected chi connectivity index (χ2v) is 8.26. The number of benzene rings is 2. The summed E-state index contributed by atoms with van der Waals surface area (Å²) in [4.78, 5) is 32.6. The van der Waals surface area contributed by atoms with Crippen LogP contribution in [0.2, 0.25) is 5.02 Å². The smallest absolute Gasteiger partial charge is 0.257 e. The van der Waals surface area contributed by atoms with E-state index in [1.165, 1.54) is 11.8 Å². The van der Waals surface area contributed by atoms with E-state index in [9.17, 15) is 9.59 Å². The molecule has 0 saturated heterocycles. The van der Waals surface area contributed by atoms with Gasteiger partial charge in [-0.2, -0.15) is 0 Å². The molecule has 6 nitrogen and oxygen atoms in total. The Bertz CT molecular complexity index is 1130. The van der Waals surface area contributed by atoms with Crippen molar-refractivity contribution < 1.29 is 9.53 Å². The highest BCUT2D eigenvalue weighted by Crippen LogP contribution is 2.35. The van der Waals surface area contributed by atoms with Crippen molar-refractivity contribution in [3.63, 3.8) is 0 Å². The van der Waals surface area contributed by atoms with Crippen LogP contribution >= 0.6 is 23.4 Å². The number of nitrogens with one attached hydrogen (secondary N) is 2. The van der Waals surface area contributed by atoms with Crippen LogP contribution in [-0.4, -0.2) is 22.5 Å². The van der Waals surface area contributed by atoms with Gasteiger partial charge in [-0.15, -0.1) is 0 Å². The van der Waals surface area contributed by atoms with Gasteiger partial charge in [-0.3, -0.25) is 9.59 Å². The molecule has 30 heavy (non-hydrogen) atoms. The fourth-order valence-electron chi connectivity index (χ4n) is 3.42. The van der Waals surface area contributed by atoms with Crippen molar-refractivity contribution in [3.8, 4) is 5.75 Å². The third kappa shape index (κ3) is 4.52. The van der Waals surface area contributed by atoms with Crippen molar-refractivity contribution in [1.29, 1.82) is 0 Å². The van der Waals surface area contributed by atoms with E-state index in [2.05, 4.69) is 15.3 Å². The molecule has 0 saturated carbocycles. The number of carbonyl (C=O) groups is 1. The number of hydrogen-bond acceptors (Lipinski definition) is 5. The van der Waals surface area contributed by atoms with Gasteiger partial charge in [-0.25, -0.2) is 4.98 Å². The maximum absolute atomic E-state index is 12.9. The minimum Gasteiger partial charge on any atom is -0.494 e. The van der Waals surface area contributed by atoms with Gasteiger partial charge in [0.2, 0.25) is 5.91 Å². The van der Waals surface area contributed by atoms with Gasteiger partial charge in [0.1, 0.15) is 11.6 Å². The summed E-state index contributed by atoms with van der Waals surface area (Å²) in [5.41, 5.74) is 2.13. The predicted octanol–water partition coefficient (Wildman–Crippen LogP) is 4.59. The number of H-pyrrole nitrogens is 1. The molecule has 1 aromatic heterocycles. The number of rotatable bonds is 6. The van der Waals surface area contributed by atoms with E-state index in [0.717, 1.165) is 11.1 Å². The Balaban J connectivity index is 1.63. The average Bonchev–Trinajstić information content (AvgIpc) is 2.73. The Morgan fingerprint density at radius 1 is 1.20 bits per heavy atom. The van der Waals surface area contributed by atoms with Crippen molar-refractivity contribution in [2.24, 2.45) is 0 Å². The fraction of sp³-hybridized carbons (Fsp3) is 0.227. The lowest BCUT2D eigenvalue weighted by Crippen LogP contribution is -2.31. The molecule has 2 N–H and O–H groups in total. The Kier molecular flexibility index (Phi) is 6.11. The molecule has 1 amide bonds. The highest BCUT2D eigenvalue weighted by molar-refractivity contribution is 7.98. The van der Waals surface area contributed by atoms with Crippen LogP contribution in [0.3, 0.4) is 0 Å². The fourth-order valence-corrected chi connectivity index (χ4v) is 4.37. The number of thioether (sulfide) groups is 1. The van der Waals surface area contributed by atoms with Crippen LogP contribution in [0.4, 0.5) is 5.82 Å². The third-order valence-corrected chi connectivity index (χ3v) is 5.99. The summed E-state index contributed by atoms with van der Waals surface area (Å²) in [7, 11) is 0. The van der Waals surface area contributed by atoms with Gasteiger partial charge in [0.15, 0.2) is 5.16 Å². The quantitative estimate of drug-likeness (QED) is 0.431. The van der Waals surface area contributed by atoms with Crippen LogP contribution in [0, 0.1) is 0 Å². The Morgan fingerprint density at radius 2 is 2.00 bits per heavy atom. The maximum atomic E-state index is 12.9. The lowest BCUT2D eigenvalue weighted by Gasteiger charge is -2.24. The van der Waals surface area contributed by atoms with Crippen LogP contribution in [0.15, 0.2) is 58.5 Å². The molecule has 154 valence electrons. The van der Waals surface area contributed by atoms with Crippen LogP contribution in [-0.2, 0) is 10.5 Å². The van der Waals surface area contributed by atoms with Crippen LogP contribution in [0.1, 0.15) is 36.0 Å². The number of anilines is 1. The zero-order chi connectivity index (χ0) is 21.1. The van der Waals surface area contributed by atoms with E-state index in [0.29, 0.717) is 39.7 Å². The molecule has 0 spiro atoms. The number of carbonyl (C=O) groups excluding carboxylic acids is 1. The number of hydrogen-bond donors (Lipinski definition) is 2. The highest BCUT2D eigenvalue weighted by atomic mass is 35.5. The van der Waals surface area contributed by atoms with E-state index in [1.807, 2.05) is 55.5 Å². The minimum absolute atomic E-state index is 0.166. The van der Waals surface area contributed by atoms with E-state index in [-0.39, 0.29) is 23.8 Å². The summed E-state index contributed by atoms with van der Waals surface area (Å²) in [5, 5.41) is 3.88. The van der Waals surface area contributed by atoms with Crippen LogP contribution in [0.25, 0.3) is 0 Å². The number of ether oxygens (including phenoxy) is 1. The van der Waals surface area contributed by atoms with Crippen molar-refractivity contribution in [1.82, 2.24) is 9.97 Å². The Morgan fingerprint density at radius 3 is 2.77 bits per heavy atom. The molecule has 1 aliphatic rings. The highest BCUT2D eigenvalue weighted by Gasteiger charge is 2.31. The Hall–Kier alpha value is -2.77. The second kappa shape index (κ2) is 8.93. The van der Waals surface area contributed by atoms with Crippen molar-refractivity contribution >= 4 is 35.1 Å². The molecule has 0 unspecified atom stereocenters. The van der Waals surface area contributed by atoms with Crippen LogP contribution in [0.5, 0.6) is 5.75 Å². The first-order valence-corrected chi connectivity index (χ1v) is 10.9. The van der Waals surface area contributed by atoms with Gasteiger partial charge in [0.05, 0.1) is 12.2 Å². The van der Waals surface area contributed by atoms with E-state index in [1.54, 1.807) is 0 Å². The number of aromatic amines is 1. The molecule has 3 aromatic rings. The average molecular weight is 442 g/mol. The van der Waals surface area contributed by atoms with Gasteiger partial charge < -0.3 is 15.0 Å². The first-order chi connectivity index (χ1) is 14.5. The normalized spacial score (nSPS) is 15.4. The molecule has 0 radical (unpaired) electrons. The standard InChI is InChI=1S/C22H20ClN3O3S/c1-2-29-16-5-3-4-14(10-16)17-11-18(27)24-20-19(17)21(28)26-22(25-20)30-12-13-6-8-15(23)9-7-13/h3-10,17H,2,11-12H2,1H3,(H2,24,25,26,27,28)/t17-/m1/s1. The van der Waals surface area contributed by atoms with Crippen molar-refractivity contribution in [2.45, 2.75) is 30.2 Å². The van der Waals surface area contributed by atoms with Crippen molar-refractivity contribution in [3.05, 3.63) is 80.6 Å². The number of halogens is 1. The number of aromatic nitrogens is 2. The van der Waals surface area contributed by atoms with Crippen molar-refractivity contribution in [2.75, 3.05) is 11.9 Å². The zero-order valence-electron chi connectivity index (χ0n) is 16.3. The molecule has 0 bridgehead atoms. The predicted molar refractivity (Wildman–Crippen MR) is 119 cm³/mol. The first-order valence-electron chi connectivity index (χ1n) is 9.57. The van der Waals surface area contributed by atoms with E-state index >= 15 is 0 Å². The lowest BCUT2D eigenvalue weighted by atomic mass is 9.87. The maximum Gasteiger partial charge on any atom is 0.257 e. The molecule has 1 atom stereocenters. The molecule has 1 aliphatic heterocycles. The minimum atomic E-state index is -0.374. The summed E-state index contributed by atoms with van der Waals surface area (Å²) in [6.07, 6.45) is 0.185. The summed E-state index contributed by atoms with van der Waals surface area (Å²) in [6, 6.07) is 15.0. The number of amides is 1. The van der Waals surface area contributed by atoms with E-state index in [4.69, 9.17) is 16.3 Å². The molecular formula is C22H20ClN3O3S. The molecule has 4 rings (SSSR count). The van der Waals surface area contributed by atoms with Gasteiger partial charge in [0, 0.05) is 23.1 Å². The van der Waals surface area contributed by atoms with Gasteiger partial charge in [-0.1, -0.05) is 47.6 Å². The lowest BCUT2D eigenvalue weighted by molar-refractivity contribution is -0.116. The molecular weight excluding hydrogens is 422 g/mol. The van der Waals surface area contributed by atoms with Gasteiger partial charge in [0.25, 0.3) is 5.56 Å². The summed E-state index contributed by atoms with van der Waals surface area (Å²) < 4.78 is 5.57. The topological polar surface area (TPSA) is 84.1 Å². The van der Waals surface area contributed by atoms with Crippen LogP contribution < -0.4 is 15.6 Å². The molecule has 0 fully saturated rings. The largest absolute Gasteiger partial charge is 0.494 e. The van der Waals surface area contributed by atoms with Gasteiger partial charge in [-0.05, 0) is 42.3 Å². The van der Waals surface area contributed by atoms with E-state index < -0.39 is 0 Å². The molecule has 0 aliphatic carbocycles. The second-order valence-electron chi connectivity index (χ2n) is 6.86. The summed E-state index contributed by atoms with van der Waals surface area (Å²) in [6.45, 7) is 2.45. The molecule has 2 heterocycles. The number of nitrogens with zero attached hydrogens (tertiary/aromatic N) is 1.